The van der Waals surface area contributed by atoms with Gasteiger partial charge in [0.05, 0.1) is 42.5 Å². The van der Waals surface area contributed by atoms with Crippen molar-refractivity contribution >= 4 is 53.3 Å². The standard InChI is InChI=1S/C32H48N2O4S2Si/c1-19-33-29-27(39-19)28-30(34-20(2)40-28)41(29,17-25(35)37-23-13-9-21(10-14-23)31(3,4)5)18-26(36)38-24-15-11-22(12-16-24)32(6,7)8/h21-24H,9-18H2,1-8H3. The van der Waals surface area contributed by atoms with Crippen LogP contribution >= 0.6 is 22.7 Å². The van der Waals surface area contributed by atoms with Gasteiger partial charge in [-0.05, 0) is 87.9 Å². The summed E-state index contributed by atoms with van der Waals surface area (Å²) in [7, 11) is -2.96. The van der Waals surface area contributed by atoms with E-state index < -0.39 is 8.07 Å². The predicted octanol–water partition coefficient (Wildman–Crippen LogP) is 7.06. The van der Waals surface area contributed by atoms with Crippen molar-refractivity contribution in [1.82, 2.24) is 9.97 Å². The van der Waals surface area contributed by atoms with Crippen molar-refractivity contribution in [3.05, 3.63) is 10.0 Å². The molecule has 2 aliphatic carbocycles. The van der Waals surface area contributed by atoms with Crippen molar-refractivity contribution in [2.24, 2.45) is 22.7 Å². The number of thiazole rings is 2. The molecule has 0 atom stereocenters. The molecule has 0 radical (unpaired) electrons. The van der Waals surface area contributed by atoms with Gasteiger partial charge in [0.1, 0.15) is 12.2 Å². The molecule has 41 heavy (non-hydrogen) atoms. The van der Waals surface area contributed by atoms with Gasteiger partial charge in [0, 0.05) is 0 Å². The molecular weight excluding hydrogens is 569 g/mol. The van der Waals surface area contributed by atoms with Crippen LogP contribution in [-0.2, 0) is 19.1 Å². The Hall–Kier alpha value is -1.58. The Bertz CT molecular complexity index is 1170. The van der Waals surface area contributed by atoms with Gasteiger partial charge in [-0.15, -0.1) is 22.7 Å². The summed E-state index contributed by atoms with van der Waals surface area (Å²) in [4.78, 5) is 39.5. The van der Waals surface area contributed by atoms with Gasteiger partial charge < -0.3 is 9.47 Å². The van der Waals surface area contributed by atoms with E-state index >= 15 is 0 Å². The summed E-state index contributed by atoms with van der Waals surface area (Å²) in [6.07, 6.45) is 7.86. The van der Waals surface area contributed by atoms with Crippen LogP contribution in [0.15, 0.2) is 0 Å². The van der Waals surface area contributed by atoms with Crippen molar-refractivity contribution in [3.8, 4) is 9.75 Å². The third kappa shape index (κ3) is 6.52. The Balaban J connectivity index is 1.34. The molecule has 9 heteroatoms. The maximum absolute atomic E-state index is 13.7. The zero-order valence-corrected chi connectivity index (χ0v) is 28.9. The highest BCUT2D eigenvalue weighted by atomic mass is 32.1. The van der Waals surface area contributed by atoms with Gasteiger partial charge >= 0.3 is 11.9 Å². The topological polar surface area (TPSA) is 78.4 Å². The number of ether oxygens (including phenoxy) is 2. The molecule has 2 aromatic rings. The van der Waals surface area contributed by atoms with Crippen LogP contribution < -0.4 is 10.6 Å². The molecule has 226 valence electrons. The second kappa shape index (κ2) is 11.5. The maximum atomic E-state index is 13.7. The number of rotatable bonds is 6. The first-order valence-electron chi connectivity index (χ1n) is 15.5. The molecule has 1 aliphatic heterocycles. The van der Waals surface area contributed by atoms with Gasteiger partial charge in [0.2, 0.25) is 0 Å². The molecule has 3 aliphatic rings. The van der Waals surface area contributed by atoms with Crippen LogP contribution in [0.3, 0.4) is 0 Å². The molecule has 6 nitrogen and oxygen atoms in total. The number of nitrogens with zero attached hydrogens (tertiary/aromatic N) is 2. The predicted molar refractivity (Wildman–Crippen MR) is 170 cm³/mol. The molecule has 2 aromatic heterocycles. The molecule has 2 saturated carbocycles. The molecule has 0 amide bonds. The third-order valence-corrected chi connectivity index (χ3v) is 16.7. The molecule has 0 saturated heterocycles. The third-order valence-electron chi connectivity index (χ3n) is 9.87. The van der Waals surface area contributed by atoms with E-state index in [-0.39, 0.29) is 47.1 Å². The Morgan fingerprint density at radius 2 is 1.02 bits per heavy atom. The number of aromatic nitrogens is 2. The summed E-state index contributed by atoms with van der Waals surface area (Å²) in [5.74, 6) is 0.901. The second-order valence-corrected chi connectivity index (χ2v) is 21.1. The minimum Gasteiger partial charge on any atom is -0.463 e. The zero-order chi connectivity index (χ0) is 29.7. The number of hydrogen-bond donors (Lipinski definition) is 0. The summed E-state index contributed by atoms with van der Waals surface area (Å²) in [6, 6.07) is 0.398. The molecule has 3 heterocycles. The van der Waals surface area contributed by atoms with Crippen molar-refractivity contribution in [3.63, 3.8) is 0 Å². The van der Waals surface area contributed by atoms with Crippen molar-refractivity contribution in [2.45, 2.75) is 131 Å². The van der Waals surface area contributed by atoms with Crippen LogP contribution in [0.1, 0.15) is 103 Å². The number of carbonyl (C=O) groups is 2. The summed E-state index contributed by atoms with van der Waals surface area (Å²) >= 11 is 3.31. The van der Waals surface area contributed by atoms with Gasteiger partial charge in [-0.1, -0.05) is 41.5 Å². The maximum Gasteiger partial charge on any atom is 0.304 e. The van der Waals surface area contributed by atoms with Gasteiger partial charge in [-0.25, -0.2) is 0 Å². The van der Waals surface area contributed by atoms with Crippen LogP contribution in [0.25, 0.3) is 9.75 Å². The molecule has 2 fully saturated rings. The fourth-order valence-corrected chi connectivity index (χ4v) is 15.0. The zero-order valence-electron chi connectivity index (χ0n) is 26.2. The second-order valence-electron chi connectivity index (χ2n) is 14.9. The molecule has 0 N–H and O–H groups in total. The number of fused-ring (bicyclic) bond motifs is 3. The number of hydrogen-bond acceptors (Lipinski definition) is 8. The Labute approximate surface area is 255 Å². The average molecular weight is 617 g/mol. The monoisotopic (exact) mass is 616 g/mol. The molecular formula is C32H48N2O4S2Si. The fraction of sp³-hybridized carbons (Fsp3) is 0.750. The lowest BCUT2D eigenvalue weighted by atomic mass is 9.72. The van der Waals surface area contributed by atoms with E-state index in [0.717, 1.165) is 81.8 Å². The first-order valence-corrected chi connectivity index (χ1v) is 19.6. The van der Waals surface area contributed by atoms with E-state index in [0.29, 0.717) is 11.8 Å². The van der Waals surface area contributed by atoms with Gasteiger partial charge in [-0.3, -0.25) is 19.6 Å². The highest BCUT2D eigenvalue weighted by Crippen LogP contribution is 2.42. The lowest BCUT2D eigenvalue weighted by Crippen LogP contribution is -2.59. The Morgan fingerprint density at radius 3 is 1.34 bits per heavy atom. The van der Waals surface area contributed by atoms with Crippen LogP contribution in [0.4, 0.5) is 0 Å². The van der Waals surface area contributed by atoms with Crippen LogP contribution in [0.2, 0.25) is 12.1 Å². The minimum absolute atomic E-state index is 0.0493. The highest BCUT2D eigenvalue weighted by Gasteiger charge is 2.55. The minimum atomic E-state index is -2.96. The Kier molecular flexibility index (Phi) is 8.65. The number of carbonyl (C=O) groups excluding carboxylic acids is 2. The summed E-state index contributed by atoms with van der Waals surface area (Å²) in [6.45, 7) is 17.8. The molecule has 0 aromatic carbocycles. The van der Waals surface area contributed by atoms with E-state index in [4.69, 9.17) is 19.4 Å². The Morgan fingerprint density at radius 1 is 0.683 bits per heavy atom. The lowest BCUT2D eigenvalue weighted by Gasteiger charge is -2.37. The fourth-order valence-electron chi connectivity index (χ4n) is 7.36. The largest absolute Gasteiger partial charge is 0.463 e. The number of esters is 2. The number of aryl methyl sites for hydroxylation is 2. The molecule has 0 unspecified atom stereocenters. The van der Waals surface area contributed by atoms with Gasteiger partial charge in [-0.2, -0.15) is 0 Å². The highest BCUT2D eigenvalue weighted by molar-refractivity contribution is 7.28. The van der Waals surface area contributed by atoms with Crippen molar-refractivity contribution in [2.75, 3.05) is 0 Å². The van der Waals surface area contributed by atoms with Crippen molar-refractivity contribution < 1.29 is 19.1 Å². The normalized spacial score (nSPS) is 25.9. The first-order chi connectivity index (χ1) is 19.2. The van der Waals surface area contributed by atoms with E-state index in [9.17, 15) is 9.59 Å². The van der Waals surface area contributed by atoms with Crippen LogP contribution in [0, 0.1) is 36.5 Å². The summed E-state index contributed by atoms with van der Waals surface area (Å²) in [5, 5.41) is 3.81. The molecule has 0 spiro atoms. The lowest BCUT2D eigenvalue weighted by molar-refractivity contribution is -0.148. The SMILES string of the molecule is Cc1nc2c(s1)-c1sc(C)nc1[Si]2(CC(=O)OC1CCC(C(C)(C)C)CC1)CC(=O)OC1CCC(C(C)(C)C)CC1. The van der Waals surface area contributed by atoms with E-state index in [1.807, 2.05) is 13.8 Å². The first kappa shape index (κ1) is 30.9. The van der Waals surface area contributed by atoms with Gasteiger partial charge in [0.15, 0.2) is 8.07 Å². The molecule has 5 rings (SSSR count). The van der Waals surface area contributed by atoms with Gasteiger partial charge in [0.25, 0.3) is 0 Å². The smallest absolute Gasteiger partial charge is 0.304 e. The quantitative estimate of drug-likeness (QED) is 0.256. The molecule has 0 bridgehead atoms. The summed E-state index contributed by atoms with van der Waals surface area (Å²) < 4.78 is 12.3. The van der Waals surface area contributed by atoms with Crippen molar-refractivity contribution in [1.29, 1.82) is 0 Å². The van der Waals surface area contributed by atoms with E-state index in [1.54, 1.807) is 22.7 Å². The van der Waals surface area contributed by atoms with E-state index in [2.05, 4.69) is 41.5 Å². The van der Waals surface area contributed by atoms with Crippen LogP contribution in [-0.4, -0.2) is 42.2 Å². The summed E-state index contributed by atoms with van der Waals surface area (Å²) in [5.41, 5.74) is 0.555. The van der Waals surface area contributed by atoms with E-state index in [1.165, 1.54) is 0 Å². The average Bonchev–Trinajstić information content (AvgIpc) is 3.50. The van der Waals surface area contributed by atoms with Crippen LogP contribution in [0.5, 0.6) is 0 Å².